The van der Waals surface area contributed by atoms with E-state index in [1.807, 2.05) is 37.3 Å². The molecular formula is C25H33N3O2. The third kappa shape index (κ3) is 5.48. The molecule has 2 aromatic carbocycles. The lowest BCUT2D eigenvalue weighted by atomic mass is 9.86. The molecule has 2 amide bonds. The second kappa shape index (κ2) is 9.00. The molecule has 30 heavy (non-hydrogen) atoms. The molecule has 0 bridgehead atoms. The molecule has 0 saturated heterocycles. The summed E-state index contributed by atoms with van der Waals surface area (Å²) in [6.07, 6.45) is 3.75. The van der Waals surface area contributed by atoms with Gasteiger partial charge in [-0.3, -0.25) is 9.59 Å². The van der Waals surface area contributed by atoms with Gasteiger partial charge < -0.3 is 16.4 Å². The van der Waals surface area contributed by atoms with Gasteiger partial charge in [0.25, 0.3) is 11.8 Å². The normalized spacial score (nSPS) is 19.2. The lowest BCUT2D eigenvalue weighted by molar-refractivity contribution is 0.0925. The number of carbonyl (C=O) groups is 2. The van der Waals surface area contributed by atoms with Gasteiger partial charge >= 0.3 is 0 Å². The average Bonchev–Trinajstić information content (AvgIpc) is 2.70. The van der Waals surface area contributed by atoms with Crippen molar-refractivity contribution in [3.8, 4) is 0 Å². The van der Waals surface area contributed by atoms with Crippen molar-refractivity contribution >= 4 is 17.5 Å². The molecule has 5 nitrogen and oxygen atoms in total. The minimum absolute atomic E-state index is 0.0473. The quantitative estimate of drug-likeness (QED) is 0.695. The number of rotatable bonds is 4. The number of carbonyl (C=O) groups excluding carboxylic acids is 2. The summed E-state index contributed by atoms with van der Waals surface area (Å²) < 4.78 is 0. The summed E-state index contributed by atoms with van der Waals surface area (Å²) in [5, 5.41) is 6.06. The molecule has 0 unspecified atom stereocenters. The van der Waals surface area contributed by atoms with Crippen molar-refractivity contribution in [2.45, 2.75) is 70.9 Å². The molecule has 4 N–H and O–H groups in total. The highest BCUT2D eigenvalue weighted by atomic mass is 16.2. The van der Waals surface area contributed by atoms with Crippen LogP contribution in [0.15, 0.2) is 42.5 Å². The summed E-state index contributed by atoms with van der Waals surface area (Å²) in [5.41, 5.74) is 9.95. The molecule has 0 aromatic heterocycles. The van der Waals surface area contributed by atoms with E-state index in [4.69, 9.17) is 5.73 Å². The topological polar surface area (TPSA) is 84.2 Å². The summed E-state index contributed by atoms with van der Waals surface area (Å²) in [4.78, 5) is 25.2. The second-order valence-corrected chi connectivity index (χ2v) is 9.40. The van der Waals surface area contributed by atoms with Crippen LogP contribution >= 0.6 is 0 Å². The Morgan fingerprint density at radius 1 is 0.900 bits per heavy atom. The Hall–Kier alpha value is -2.66. The molecule has 1 aliphatic carbocycles. The van der Waals surface area contributed by atoms with Crippen LogP contribution in [-0.2, 0) is 5.41 Å². The maximum absolute atomic E-state index is 12.6. The second-order valence-electron chi connectivity index (χ2n) is 9.40. The number of hydrogen-bond acceptors (Lipinski definition) is 3. The third-order valence-electron chi connectivity index (χ3n) is 5.86. The molecule has 160 valence electrons. The molecule has 1 fully saturated rings. The summed E-state index contributed by atoms with van der Waals surface area (Å²) in [6, 6.07) is 13.5. The smallest absolute Gasteiger partial charge is 0.255 e. The largest absolute Gasteiger partial charge is 0.349 e. The Balaban J connectivity index is 1.63. The lowest BCUT2D eigenvalue weighted by Crippen LogP contribution is -2.40. The maximum Gasteiger partial charge on any atom is 0.255 e. The monoisotopic (exact) mass is 407 g/mol. The van der Waals surface area contributed by atoms with E-state index in [0.29, 0.717) is 16.8 Å². The standard InChI is InChI=1S/C25H33N3O2/c1-16-15-18(24(30)27-21-12-10-20(26)11-13-21)7-14-22(16)28-23(29)17-5-8-19(9-6-17)25(2,3)4/h5-9,14-15,20-21H,10-13,26H2,1-4H3,(H,27,30)(H,28,29). The van der Waals surface area contributed by atoms with Crippen molar-refractivity contribution in [1.29, 1.82) is 0 Å². The number of amides is 2. The van der Waals surface area contributed by atoms with Crippen molar-refractivity contribution in [1.82, 2.24) is 5.32 Å². The first-order valence-electron chi connectivity index (χ1n) is 10.7. The van der Waals surface area contributed by atoms with Crippen molar-refractivity contribution in [2.24, 2.45) is 5.73 Å². The highest BCUT2D eigenvalue weighted by Gasteiger charge is 2.21. The fraction of sp³-hybridized carbons (Fsp3) is 0.440. The van der Waals surface area contributed by atoms with Gasteiger partial charge in [0, 0.05) is 28.9 Å². The molecule has 5 heteroatoms. The molecule has 0 heterocycles. The van der Waals surface area contributed by atoms with Crippen molar-refractivity contribution in [2.75, 3.05) is 5.32 Å². The van der Waals surface area contributed by atoms with Crippen molar-refractivity contribution in [3.63, 3.8) is 0 Å². The van der Waals surface area contributed by atoms with Gasteiger partial charge in [-0.25, -0.2) is 0 Å². The molecule has 1 aliphatic rings. The number of benzene rings is 2. The van der Waals surface area contributed by atoms with Gasteiger partial charge in [0.05, 0.1) is 0 Å². The minimum atomic E-state index is -0.158. The van der Waals surface area contributed by atoms with Crippen LogP contribution in [0.2, 0.25) is 0 Å². The lowest BCUT2D eigenvalue weighted by Gasteiger charge is -2.26. The van der Waals surface area contributed by atoms with Gasteiger partial charge in [0.2, 0.25) is 0 Å². The Morgan fingerprint density at radius 3 is 2.07 bits per heavy atom. The number of aryl methyl sites for hydroxylation is 1. The van der Waals surface area contributed by atoms with E-state index < -0.39 is 0 Å². The van der Waals surface area contributed by atoms with E-state index in [2.05, 4.69) is 31.4 Å². The minimum Gasteiger partial charge on any atom is -0.349 e. The van der Waals surface area contributed by atoms with Crippen LogP contribution in [0.3, 0.4) is 0 Å². The first-order valence-corrected chi connectivity index (χ1v) is 10.7. The number of anilines is 1. The van der Waals surface area contributed by atoms with Gasteiger partial charge in [0.1, 0.15) is 0 Å². The van der Waals surface area contributed by atoms with E-state index >= 15 is 0 Å². The van der Waals surface area contributed by atoms with E-state index in [1.165, 1.54) is 5.56 Å². The molecule has 3 rings (SSSR count). The molecule has 0 spiro atoms. The highest BCUT2D eigenvalue weighted by molar-refractivity contribution is 6.05. The van der Waals surface area contributed by atoms with Gasteiger partial charge in [-0.1, -0.05) is 32.9 Å². The SMILES string of the molecule is Cc1cc(C(=O)NC2CCC(N)CC2)ccc1NC(=O)c1ccc(C(C)(C)C)cc1. The molecule has 2 aromatic rings. The van der Waals surface area contributed by atoms with Crippen molar-refractivity contribution in [3.05, 3.63) is 64.7 Å². The maximum atomic E-state index is 12.6. The van der Waals surface area contributed by atoms with Crippen LogP contribution < -0.4 is 16.4 Å². The Kier molecular flexibility index (Phi) is 6.61. The van der Waals surface area contributed by atoms with E-state index in [9.17, 15) is 9.59 Å². The molecule has 0 aliphatic heterocycles. The van der Waals surface area contributed by atoms with Gasteiger partial charge in [0.15, 0.2) is 0 Å². The predicted octanol–water partition coefficient (Wildman–Crippen LogP) is 4.54. The highest BCUT2D eigenvalue weighted by Crippen LogP contribution is 2.23. The molecule has 1 saturated carbocycles. The number of hydrogen-bond donors (Lipinski definition) is 3. The van der Waals surface area contributed by atoms with Crippen LogP contribution in [-0.4, -0.2) is 23.9 Å². The zero-order valence-corrected chi connectivity index (χ0v) is 18.4. The van der Waals surface area contributed by atoms with Gasteiger partial charge in [-0.05, 0) is 79.5 Å². The zero-order chi connectivity index (χ0) is 21.9. The fourth-order valence-electron chi connectivity index (χ4n) is 3.79. The summed E-state index contributed by atoms with van der Waals surface area (Å²) in [7, 11) is 0. The van der Waals surface area contributed by atoms with Gasteiger partial charge in [-0.2, -0.15) is 0 Å². The van der Waals surface area contributed by atoms with E-state index in [1.54, 1.807) is 12.1 Å². The number of nitrogens with two attached hydrogens (primary N) is 1. The third-order valence-corrected chi connectivity index (χ3v) is 5.86. The van der Waals surface area contributed by atoms with E-state index in [-0.39, 0.29) is 29.3 Å². The van der Waals surface area contributed by atoms with Crippen LogP contribution in [0.25, 0.3) is 0 Å². The van der Waals surface area contributed by atoms with Crippen LogP contribution in [0.1, 0.15) is 78.3 Å². The summed E-state index contributed by atoms with van der Waals surface area (Å²) >= 11 is 0. The summed E-state index contributed by atoms with van der Waals surface area (Å²) in [6.45, 7) is 8.33. The zero-order valence-electron chi connectivity index (χ0n) is 18.4. The van der Waals surface area contributed by atoms with E-state index in [0.717, 1.165) is 31.2 Å². The summed E-state index contributed by atoms with van der Waals surface area (Å²) in [5.74, 6) is -0.233. The first kappa shape index (κ1) is 22.0. The Labute approximate surface area is 179 Å². The molecular weight excluding hydrogens is 374 g/mol. The first-order chi connectivity index (χ1) is 14.1. The average molecular weight is 408 g/mol. The Bertz CT molecular complexity index is 905. The molecule has 0 atom stereocenters. The van der Waals surface area contributed by atoms with Crippen molar-refractivity contribution < 1.29 is 9.59 Å². The fourth-order valence-corrected chi connectivity index (χ4v) is 3.79. The van der Waals surface area contributed by atoms with Crippen LogP contribution in [0.4, 0.5) is 5.69 Å². The number of nitrogens with one attached hydrogen (secondary N) is 2. The molecule has 0 radical (unpaired) electrons. The predicted molar refractivity (Wildman–Crippen MR) is 122 cm³/mol. The van der Waals surface area contributed by atoms with Crippen LogP contribution in [0.5, 0.6) is 0 Å². The van der Waals surface area contributed by atoms with Gasteiger partial charge in [-0.15, -0.1) is 0 Å². The van der Waals surface area contributed by atoms with Crippen LogP contribution in [0, 0.1) is 6.92 Å². The Morgan fingerprint density at radius 2 is 1.50 bits per heavy atom.